The first-order valence-corrected chi connectivity index (χ1v) is 8.35. The number of sulfone groups is 1. The molecule has 0 unspecified atom stereocenters. The molecule has 0 aromatic carbocycles. The summed E-state index contributed by atoms with van der Waals surface area (Å²) < 4.78 is 24.5. The molecule has 112 valence electrons. The van der Waals surface area contributed by atoms with Crippen LogP contribution >= 0.6 is 0 Å². The highest BCUT2D eigenvalue weighted by atomic mass is 32.2. The van der Waals surface area contributed by atoms with Crippen LogP contribution in [0.25, 0.3) is 5.52 Å². The smallest absolute Gasteiger partial charge is 0.356 e. The molecule has 0 atom stereocenters. The lowest BCUT2D eigenvalue weighted by atomic mass is 10.0. The molecule has 1 aliphatic rings. The van der Waals surface area contributed by atoms with Crippen molar-refractivity contribution in [2.75, 3.05) is 11.5 Å². The highest BCUT2D eigenvalue weighted by Gasteiger charge is 2.30. The van der Waals surface area contributed by atoms with Gasteiger partial charge >= 0.3 is 5.97 Å². The van der Waals surface area contributed by atoms with E-state index in [9.17, 15) is 23.4 Å². The first-order chi connectivity index (χ1) is 9.89. The summed E-state index contributed by atoms with van der Waals surface area (Å²) in [4.78, 5) is 15.4. The first-order valence-electron chi connectivity index (χ1n) is 6.53. The molecule has 0 saturated carbocycles. The molecule has 2 aromatic heterocycles. The fraction of sp³-hybridized carbons (Fsp3) is 0.385. The van der Waals surface area contributed by atoms with Gasteiger partial charge < -0.3 is 10.2 Å². The van der Waals surface area contributed by atoms with Crippen molar-refractivity contribution in [1.82, 2.24) is 9.38 Å². The Balaban J connectivity index is 2.12. The molecule has 1 aliphatic heterocycles. The van der Waals surface area contributed by atoms with E-state index < -0.39 is 15.8 Å². The molecule has 3 rings (SSSR count). The van der Waals surface area contributed by atoms with Gasteiger partial charge in [0, 0.05) is 12.1 Å². The number of hydrogen-bond donors (Lipinski definition) is 2. The molecule has 0 aliphatic carbocycles. The average Bonchev–Trinajstić information content (AvgIpc) is 2.80. The predicted molar refractivity (Wildman–Crippen MR) is 74.4 cm³/mol. The van der Waals surface area contributed by atoms with Crippen LogP contribution in [0.4, 0.5) is 0 Å². The van der Waals surface area contributed by atoms with Crippen LogP contribution in [0.1, 0.15) is 35.1 Å². The Labute approximate surface area is 120 Å². The van der Waals surface area contributed by atoms with Gasteiger partial charge in [-0.3, -0.25) is 4.40 Å². The SMILES string of the molecule is O=C(O)c1nc(C2CCS(=O)(=O)CC2)n2cccc(O)c12. The Morgan fingerprint density at radius 1 is 1.33 bits per heavy atom. The minimum atomic E-state index is -3.00. The van der Waals surface area contributed by atoms with E-state index in [1.165, 1.54) is 6.07 Å². The summed E-state index contributed by atoms with van der Waals surface area (Å²) in [6.07, 6.45) is 2.46. The second-order valence-electron chi connectivity index (χ2n) is 5.16. The zero-order chi connectivity index (χ0) is 15.2. The van der Waals surface area contributed by atoms with Gasteiger partial charge in [0.15, 0.2) is 5.69 Å². The van der Waals surface area contributed by atoms with Gasteiger partial charge in [0.1, 0.15) is 26.9 Å². The molecule has 0 bridgehead atoms. The molecule has 1 fully saturated rings. The maximum absolute atomic E-state index is 11.5. The normalized spacial score (nSPS) is 18.9. The third-order valence-electron chi connectivity index (χ3n) is 3.79. The number of rotatable bonds is 2. The van der Waals surface area contributed by atoms with Crippen molar-refractivity contribution >= 4 is 21.3 Å². The van der Waals surface area contributed by atoms with Crippen molar-refractivity contribution in [3.63, 3.8) is 0 Å². The molecule has 2 N–H and O–H groups in total. The molecule has 0 spiro atoms. The summed E-state index contributed by atoms with van der Waals surface area (Å²) in [6.45, 7) is 0. The lowest BCUT2D eigenvalue weighted by Crippen LogP contribution is -2.23. The quantitative estimate of drug-likeness (QED) is 0.857. The van der Waals surface area contributed by atoms with Crippen molar-refractivity contribution in [1.29, 1.82) is 0 Å². The highest BCUT2D eigenvalue weighted by molar-refractivity contribution is 7.91. The summed E-state index contributed by atoms with van der Waals surface area (Å²) in [5.74, 6) is -0.855. The topological polar surface area (TPSA) is 109 Å². The van der Waals surface area contributed by atoms with Crippen LogP contribution in [0.2, 0.25) is 0 Å². The zero-order valence-corrected chi connectivity index (χ0v) is 11.9. The summed E-state index contributed by atoms with van der Waals surface area (Å²) in [7, 11) is -3.00. The predicted octanol–water partition coefficient (Wildman–Crippen LogP) is 1.03. The minimum absolute atomic E-state index is 0.0772. The number of imidazole rings is 1. The molecule has 0 amide bonds. The van der Waals surface area contributed by atoms with Crippen molar-refractivity contribution in [2.24, 2.45) is 0 Å². The minimum Gasteiger partial charge on any atom is -0.506 e. The standard InChI is InChI=1S/C13H14N2O5S/c16-9-2-1-5-15-11(9)10(13(17)18)14-12(15)8-3-6-21(19,20)7-4-8/h1-2,5,8,16H,3-4,6-7H2,(H,17,18). The molecule has 8 heteroatoms. The van der Waals surface area contributed by atoms with Gasteiger partial charge in [-0.25, -0.2) is 18.2 Å². The summed E-state index contributed by atoms with van der Waals surface area (Å²) in [6, 6.07) is 3.00. The largest absolute Gasteiger partial charge is 0.506 e. The lowest BCUT2D eigenvalue weighted by Gasteiger charge is -2.20. The second kappa shape index (κ2) is 4.73. The van der Waals surface area contributed by atoms with Crippen LogP contribution in [-0.2, 0) is 9.84 Å². The van der Waals surface area contributed by atoms with E-state index >= 15 is 0 Å². The molecule has 1 saturated heterocycles. The van der Waals surface area contributed by atoms with Gasteiger partial charge in [-0.2, -0.15) is 0 Å². The average molecular weight is 310 g/mol. The molecular formula is C13H14N2O5S. The molecule has 21 heavy (non-hydrogen) atoms. The van der Waals surface area contributed by atoms with Crippen LogP contribution in [0.3, 0.4) is 0 Å². The summed E-state index contributed by atoms with van der Waals surface area (Å²) in [5, 5.41) is 19.1. The van der Waals surface area contributed by atoms with Crippen LogP contribution in [-0.4, -0.2) is 45.5 Å². The highest BCUT2D eigenvalue weighted by Crippen LogP contribution is 2.32. The molecule has 3 heterocycles. The zero-order valence-electron chi connectivity index (χ0n) is 11.1. The number of aromatic carboxylic acids is 1. The van der Waals surface area contributed by atoms with E-state index in [0.29, 0.717) is 18.7 Å². The Morgan fingerprint density at radius 2 is 2.00 bits per heavy atom. The Bertz CT molecular complexity index is 810. The van der Waals surface area contributed by atoms with E-state index in [0.717, 1.165) is 0 Å². The number of aromatic hydroxyl groups is 1. The van der Waals surface area contributed by atoms with Gasteiger partial charge in [-0.1, -0.05) is 0 Å². The molecule has 0 radical (unpaired) electrons. The lowest BCUT2D eigenvalue weighted by molar-refractivity contribution is 0.0692. The van der Waals surface area contributed by atoms with Gasteiger partial charge in [0.25, 0.3) is 0 Å². The van der Waals surface area contributed by atoms with Gasteiger partial charge in [0.05, 0.1) is 11.5 Å². The third-order valence-corrected chi connectivity index (χ3v) is 5.51. The van der Waals surface area contributed by atoms with Crippen molar-refractivity contribution < 1.29 is 23.4 Å². The maximum atomic E-state index is 11.5. The number of carboxylic acids is 1. The number of carbonyl (C=O) groups is 1. The van der Waals surface area contributed by atoms with Gasteiger partial charge in [-0.05, 0) is 25.0 Å². The monoisotopic (exact) mass is 310 g/mol. The van der Waals surface area contributed by atoms with Crippen LogP contribution in [0.15, 0.2) is 18.3 Å². The summed E-state index contributed by atoms with van der Waals surface area (Å²) in [5.41, 5.74) is -0.0649. The van der Waals surface area contributed by atoms with E-state index in [1.54, 1.807) is 16.7 Å². The number of hydrogen-bond acceptors (Lipinski definition) is 5. The molecule has 2 aromatic rings. The van der Waals surface area contributed by atoms with Gasteiger partial charge in [-0.15, -0.1) is 0 Å². The number of nitrogens with zero attached hydrogens (tertiary/aromatic N) is 2. The van der Waals surface area contributed by atoms with E-state index in [4.69, 9.17) is 0 Å². The summed E-state index contributed by atoms with van der Waals surface area (Å²) >= 11 is 0. The van der Waals surface area contributed by atoms with Crippen molar-refractivity contribution in [3.8, 4) is 5.75 Å². The van der Waals surface area contributed by atoms with Crippen molar-refractivity contribution in [2.45, 2.75) is 18.8 Å². The van der Waals surface area contributed by atoms with Crippen LogP contribution < -0.4 is 0 Å². The second-order valence-corrected chi connectivity index (χ2v) is 7.47. The maximum Gasteiger partial charge on any atom is 0.356 e. The third kappa shape index (κ3) is 2.35. The molecular weight excluding hydrogens is 296 g/mol. The fourth-order valence-corrected chi connectivity index (χ4v) is 4.22. The Hall–Kier alpha value is -2.09. The van der Waals surface area contributed by atoms with Crippen LogP contribution in [0.5, 0.6) is 5.75 Å². The number of pyridine rings is 1. The first kappa shape index (κ1) is 13.9. The Kier molecular flexibility index (Phi) is 3.12. The number of aromatic nitrogens is 2. The van der Waals surface area contributed by atoms with E-state index in [1.807, 2.05) is 0 Å². The van der Waals surface area contributed by atoms with E-state index in [-0.39, 0.29) is 34.4 Å². The Morgan fingerprint density at radius 3 is 2.62 bits per heavy atom. The fourth-order valence-electron chi connectivity index (χ4n) is 2.73. The number of carboxylic acid groups (broad SMARTS) is 1. The van der Waals surface area contributed by atoms with Crippen molar-refractivity contribution in [3.05, 3.63) is 29.8 Å². The van der Waals surface area contributed by atoms with Crippen LogP contribution in [0, 0.1) is 0 Å². The van der Waals surface area contributed by atoms with Gasteiger partial charge in [0.2, 0.25) is 0 Å². The number of fused-ring (bicyclic) bond motifs is 1. The van der Waals surface area contributed by atoms with E-state index in [2.05, 4.69) is 4.98 Å². The molecule has 7 nitrogen and oxygen atoms in total.